The Hall–Kier alpha value is -1.65. The Balaban J connectivity index is 2.05. The fraction of sp³-hybridized carbons (Fsp3) is 0.706. The number of ether oxygens (including phenoxy) is 1. The molecule has 1 aliphatic carbocycles. The average molecular weight is 305 g/mol. The number of allylic oxidation sites excluding steroid dienone is 1. The predicted molar refractivity (Wildman–Crippen MR) is 79.6 cm³/mol. The Morgan fingerprint density at radius 1 is 1.27 bits per heavy atom. The van der Waals surface area contributed by atoms with E-state index in [0.717, 1.165) is 6.42 Å². The van der Waals surface area contributed by atoms with Gasteiger partial charge in [0.15, 0.2) is 11.2 Å². The van der Waals surface area contributed by atoms with Crippen molar-refractivity contribution in [3.63, 3.8) is 0 Å². The topological polar surface area (TPSA) is 63.7 Å². The van der Waals surface area contributed by atoms with Gasteiger partial charge in [0.25, 0.3) is 0 Å². The number of hydrogen-bond acceptors (Lipinski definition) is 4. The zero-order chi connectivity index (χ0) is 16.3. The second-order valence-electron chi connectivity index (χ2n) is 7.71. The van der Waals surface area contributed by atoms with Crippen LogP contribution in [0.4, 0.5) is 0 Å². The minimum atomic E-state index is -1.14. The van der Waals surface area contributed by atoms with Gasteiger partial charge in [0, 0.05) is 24.1 Å². The molecule has 3 rings (SSSR count). The number of carbonyl (C=O) groups is 3. The number of fused-ring (bicyclic) bond motifs is 2. The molecule has 5 heteroatoms. The molecule has 0 radical (unpaired) electrons. The number of cyclic esters (lactones) is 1. The van der Waals surface area contributed by atoms with Crippen molar-refractivity contribution in [2.75, 3.05) is 6.61 Å². The number of nitrogens with zero attached hydrogens (tertiary/aromatic N) is 1. The van der Waals surface area contributed by atoms with E-state index in [1.54, 1.807) is 4.90 Å². The van der Waals surface area contributed by atoms with Gasteiger partial charge in [-0.15, -0.1) is 0 Å². The van der Waals surface area contributed by atoms with Crippen molar-refractivity contribution >= 4 is 17.7 Å². The van der Waals surface area contributed by atoms with Gasteiger partial charge < -0.3 is 9.64 Å². The third-order valence-corrected chi connectivity index (χ3v) is 6.49. The van der Waals surface area contributed by atoms with E-state index >= 15 is 0 Å². The van der Waals surface area contributed by atoms with Gasteiger partial charge in [0.1, 0.15) is 0 Å². The highest BCUT2D eigenvalue weighted by atomic mass is 16.5. The Kier molecular flexibility index (Phi) is 3.07. The molecular formula is C17H23NO4. The van der Waals surface area contributed by atoms with E-state index in [1.165, 1.54) is 12.3 Å². The first kappa shape index (κ1) is 15.3. The first-order valence-electron chi connectivity index (χ1n) is 7.87. The van der Waals surface area contributed by atoms with E-state index < -0.39 is 16.8 Å². The van der Waals surface area contributed by atoms with Gasteiger partial charge in [-0.2, -0.15) is 0 Å². The fourth-order valence-electron chi connectivity index (χ4n) is 4.28. The zero-order valence-corrected chi connectivity index (χ0v) is 13.6. The number of ketones is 1. The van der Waals surface area contributed by atoms with Crippen LogP contribution in [0.1, 0.15) is 47.0 Å². The summed E-state index contributed by atoms with van der Waals surface area (Å²) < 4.78 is 5.40. The van der Waals surface area contributed by atoms with Crippen LogP contribution in [0.3, 0.4) is 0 Å². The second kappa shape index (κ2) is 4.43. The van der Waals surface area contributed by atoms with Gasteiger partial charge in [0.2, 0.25) is 5.91 Å². The van der Waals surface area contributed by atoms with E-state index in [-0.39, 0.29) is 23.1 Å². The van der Waals surface area contributed by atoms with Gasteiger partial charge in [-0.1, -0.05) is 20.8 Å². The molecule has 0 aromatic rings. The summed E-state index contributed by atoms with van der Waals surface area (Å²) in [5.74, 6) is -0.618. The Morgan fingerprint density at radius 3 is 2.59 bits per heavy atom. The van der Waals surface area contributed by atoms with Crippen LogP contribution < -0.4 is 0 Å². The minimum absolute atomic E-state index is 0.00999. The molecule has 0 unspecified atom stereocenters. The van der Waals surface area contributed by atoms with E-state index in [2.05, 4.69) is 6.92 Å². The van der Waals surface area contributed by atoms with Gasteiger partial charge >= 0.3 is 5.97 Å². The highest BCUT2D eigenvalue weighted by Gasteiger charge is 2.72. The molecule has 2 heterocycles. The van der Waals surface area contributed by atoms with Crippen molar-refractivity contribution in [1.29, 1.82) is 0 Å². The number of hydrogen-bond donors (Lipinski definition) is 0. The van der Waals surface area contributed by atoms with Crippen molar-refractivity contribution in [2.24, 2.45) is 16.2 Å². The van der Waals surface area contributed by atoms with Crippen LogP contribution in [0.25, 0.3) is 0 Å². The van der Waals surface area contributed by atoms with E-state index in [4.69, 9.17) is 4.74 Å². The lowest BCUT2D eigenvalue weighted by atomic mass is 9.57. The molecule has 120 valence electrons. The van der Waals surface area contributed by atoms with Crippen LogP contribution in [0.5, 0.6) is 0 Å². The summed E-state index contributed by atoms with van der Waals surface area (Å²) in [6.07, 6.45) is 4.55. The number of rotatable bonds is 1. The molecule has 2 fully saturated rings. The normalized spacial score (nSPS) is 39.8. The summed E-state index contributed by atoms with van der Waals surface area (Å²) in [5.41, 5.74) is -1.80. The largest absolute Gasteiger partial charge is 0.464 e. The van der Waals surface area contributed by atoms with Crippen molar-refractivity contribution in [1.82, 2.24) is 4.90 Å². The van der Waals surface area contributed by atoms with Crippen LogP contribution >= 0.6 is 0 Å². The summed E-state index contributed by atoms with van der Waals surface area (Å²) in [6, 6.07) is -0.225. The lowest BCUT2D eigenvalue weighted by Gasteiger charge is -2.51. The molecule has 0 aromatic carbocycles. The molecular weight excluding hydrogens is 282 g/mol. The lowest BCUT2D eigenvalue weighted by Crippen LogP contribution is -2.61. The molecule has 1 amide bonds. The third kappa shape index (κ3) is 1.62. The molecule has 5 nitrogen and oxygen atoms in total. The summed E-state index contributed by atoms with van der Waals surface area (Å²) >= 11 is 0. The molecule has 0 spiro atoms. The maximum absolute atomic E-state index is 13.3. The molecule has 3 atom stereocenters. The maximum atomic E-state index is 13.3. The maximum Gasteiger partial charge on any atom is 0.322 e. The molecule has 1 saturated heterocycles. The Morgan fingerprint density at radius 2 is 1.95 bits per heavy atom. The number of esters is 1. The summed E-state index contributed by atoms with van der Waals surface area (Å²) in [7, 11) is 0. The molecule has 2 bridgehead atoms. The van der Waals surface area contributed by atoms with E-state index in [1.807, 2.05) is 20.8 Å². The third-order valence-electron chi connectivity index (χ3n) is 6.49. The highest BCUT2D eigenvalue weighted by molar-refractivity contribution is 6.06. The zero-order valence-electron chi connectivity index (χ0n) is 13.6. The molecule has 0 aromatic heterocycles. The Bertz CT molecular complexity index is 593. The summed E-state index contributed by atoms with van der Waals surface area (Å²) in [6.45, 7) is 8.31. The van der Waals surface area contributed by atoms with Gasteiger partial charge in [0.05, 0.1) is 6.61 Å². The van der Waals surface area contributed by atoms with E-state index in [9.17, 15) is 14.4 Å². The number of carbonyl (C=O) groups excluding carboxylic acids is 3. The second-order valence-corrected chi connectivity index (χ2v) is 7.71. The summed E-state index contributed by atoms with van der Waals surface area (Å²) in [5, 5.41) is 0. The lowest BCUT2D eigenvalue weighted by molar-refractivity contribution is -0.193. The van der Waals surface area contributed by atoms with Crippen LogP contribution in [0.2, 0.25) is 0 Å². The van der Waals surface area contributed by atoms with Crippen LogP contribution in [-0.2, 0) is 19.1 Å². The predicted octanol–water partition coefficient (Wildman–Crippen LogP) is 2.06. The molecule has 2 aliphatic heterocycles. The van der Waals surface area contributed by atoms with E-state index in [0.29, 0.717) is 19.4 Å². The molecule has 3 aliphatic rings. The van der Waals surface area contributed by atoms with Gasteiger partial charge in [-0.05, 0) is 31.3 Å². The first-order chi connectivity index (χ1) is 10.2. The van der Waals surface area contributed by atoms with Crippen molar-refractivity contribution in [3.05, 3.63) is 12.3 Å². The quantitative estimate of drug-likeness (QED) is 0.549. The molecule has 1 saturated carbocycles. The van der Waals surface area contributed by atoms with Gasteiger partial charge in [-0.3, -0.25) is 14.4 Å². The number of amides is 1. The molecule has 0 N–H and O–H groups in total. The SMILES string of the molecule is C[C@@H]1CC(=O)C=CN1C(=O)[C@@]12CC[C@@](C)(COC1=O)C2(C)C. The van der Waals surface area contributed by atoms with Crippen molar-refractivity contribution in [2.45, 2.75) is 53.0 Å². The Labute approximate surface area is 130 Å². The first-order valence-corrected chi connectivity index (χ1v) is 7.87. The van der Waals surface area contributed by atoms with Crippen LogP contribution in [-0.4, -0.2) is 35.2 Å². The highest BCUT2D eigenvalue weighted by Crippen LogP contribution is 2.66. The minimum Gasteiger partial charge on any atom is -0.464 e. The van der Waals surface area contributed by atoms with Crippen LogP contribution in [0.15, 0.2) is 12.3 Å². The van der Waals surface area contributed by atoms with Crippen molar-refractivity contribution in [3.8, 4) is 0 Å². The average Bonchev–Trinajstić information content (AvgIpc) is 2.55. The monoisotopic (exact) mass is 305 g/mol. The smallest absolute Gasteiger partial charge is 0.322 e. The molecule has 22 heavy (non-hydrogen) atoms. The fourth-order valence-corrected chi connectivity index (χ4v) is 4.28. The van der Waals surface area contributed by atoms with Crippen LogP contribution in [0, 0.1) is 16.2 Å². The van der Waals surface area contributed by atoms with Gasteiger partial charge in [-0.25, -0.2) is 0 Å². The van der Waals surface area contributed by atoms with Crippen molar-refractivity contribution < 1.29 is 19.1 Å². The standard InChI is InChI=1S/C17H23NO4/c1-11-9-12(19)5-8-18(11)13(20)17-7-6-16(4,15(17,2)3)10-22-14(17)21/h5,8,11H,6-7,9-10H2,1-4H3/t11-,16+,17+/m1/s1. The summed E-state index contributed by atoms with van der Waals surface area (Å²) in [4.78, 5) is 39.0.